The molecule has 2 aromatic heterocycles. The van der Waals surface area contributed by atoms with Crippen LogP contribution in [0.15, 0.2) is 95.2 Å². The topological polar surface area (TPSA) is 182 Å². The molecule has 4 N–H and O–H groups in total. The Labute approximate surface area is 308 Å². The maximum atomic E-state index is 13.1. The van der Waals surface area contributed by atoms with E-state index in [1.807, 2.05) is 0 Å². The summed E-state index contributed by atoms with van der Waals surface area (Å²) in [7, 11) is -5.82. The predicted octanol–water partition coefficient (Wildman–Crippen LogP) is 7.25. The highest BCUT2D eigenvalue weighted by Crippen LogP contribution is 2.30. The Bertz CT molecular complexity index is 1920. The van der Waals surface area contributed by atoms with Crippen molar-refractivity contribution in [3.8, 4) is 22.3 Å². The first-order valence-electron chi connectivity index (χ1n) is 16.0. The van der Waals surface area contributed by atoms with Gasteiger partial charge in [0.25, 0.3) is 12.9 Å². The van der Waals surface area contributed by atoms with Crippen molar-refractivity contribution in [3.63, 3.8) is 0 Å². The maximum absolute atomic E-state index is 13.1. The molecule has 4 rings (SSSR count). The zero-order valence-corrected chi connectivity index (χ0v) is 30.5. The van der Waals surface area contributed by atoms with Gasteiger partial charge in [-0.05, 0) is 34.4 Å². The number of aromatic nitrogens is 2. The lowest BCUT2D eigenvalue weighted by molar-refractivity contribution is -0.132. The van der Waals surface area contributed by atoms with E-state index in [2.05, 4.69) is 9.97 Å². The molecule has 18 heteroatoms. The number of Topliss-reactive ketones (excluding diaryl/α,β-unsaturated/α-hetero) is 2. The second-order valence-corrected chi connectivity index (χ2v) is 16.6. The van der Waals surface area contributed by atoms with Crippen LogP contribution in [-0.4, -0.2) is 78.9 Å². The van der Waals surface area contributed by atoms with Crippen LogP contribution in [0.1, 0.15) is 36.2 Å². The van der Waals surface area contributed by atoms with Gasteiger partial charge in [0.1, 0.15) is 10.1 Å². The molecule has 10 nitrogen and oxygen atoms in total. The fourth-order valence-corrected chi connectivity index (χ4v) is 6.21. The summed E-state index contributed by atoms with van der Waals surface area (Å²) in [5.41, 5.74) is 3.37. The van der Waals surface area contributed by atoms with Crippen molar-refractivity contribution in [2.24, 2.45) is 11.8 Å². The molecule has 0 spiro atoms. The minimum absolute atomic E-state index is 0.160. The van der Waals surface area contributed by atoms with E-state index in [4.69, 9.17) is 9.56 Å². The molecule has 0 saturated heterocycles. The van der Waals surface area contributed by atoms with E-state index < -0.39 is 94.1 Å². The molecule has 0 saturated carbocycles. The second kappa shape index (κ2) is 19.2. The van der Waals surface area contributed by atoms with Crippen molar-refractivity contribution < 1.29 is 54.6 Å². The first kappa shape index (κ1) is 43.9. The molecule has 0 bridgehead atoms. The van der Waals surface area contributed by atoms with Gasteiger partial charge in [-0.15, -0.1) is 0 Å². The molecular weight excluding hydrogens is 763 g/mol. The molecule has 0 aliphatic carbocycles. The van der Waals surface area contributed by atoms with Gasteiger partial charge in [0.15, 0.2) is 11.6 Å². The predicted molar refractivity (Wildman–Crippen MR) is 190 cm³/mol. The van der Waals surface area contributed by atoms with Crippen LogP contribution in [0.25, 0.3) is 22.3 Å². The van der Waals surface area contributed by atoms with E-state index in [0.29, 0.717) is 33.4 Å². The van der Waals surface area contributed by atoms with Crippen LogP contribution in [0.4, 0.5) is 26.3 Å². The first-order chi connectivity index (χ1) is 25.3. The van der Waals surface area contributed by atoms with Crippen molar-refractivity contribution in [3.05, 3.63) is 96.3 Å². The number of alkyl halides is 6. The fourth-order valence-electron chi connectivity index (χ4n) is 5.05. The summed E-state index contributed by atoms with van der Waals surface area (Å²) in [4.78, 5) is 30.2. The number of carbonyl (C=O) groups excluding carboxylic acids is 2. The van der Waals surface area contributed by atoms with Gasteiger partial charge in [-0.3, -0.25) is 18.4 Å². The summed E-state index contributed by atoms with van der Waals surface area (Å²) in [6, 6.07) is 18.8. The number of hydrogen-bond donors (Lipinski definition) is 4. The number of benzene rings is 2. The lowest BCUT2D eigenvalue weighted by atomic mass is 9.91. The third-order valence-electron chi connectivity index (χ3n) is 8.14. The van der Waals surface area contributed by atoms with Gasteiger partial charge < -0.3 is 10.2 Å². The fraction of sp³-hybridized carbons (Fsp3) is 0.333. The third-order valence-corrected chi connectivity index (χ3v) is 10.2. The van der Waals surface area contributed by atoms with Crippen LogP contribution in [0.3, 0.4) is 0 Å². The largest absolute Gasteiger partial charge is 0.388 e. The van der Waals surface area contributed by atoms with Gasteiger partial charge in [-0.1, -0.05) is 60.7 Å². The van der Waals surface area contributed by atoms with Crippen LogP contribution in [0.5, 0.6) is 0 Å². The normalized spacial score (nSPS) is 15.9. The van der Waals surface area contributed by atoms with Crippen molar-refractivity contribution in [2.75, 3.05) is 25.9 Å². The molecule has 292 valence electrons. The summed E-state index contributed by atoms with van der Waals surface area (Å²) < 4.78 is 114. The van der Waals surface area contributed by atoms with Crippen molar-refractivity contribution in [2.45, 2.75) is 48.0 Å². The van der Waals surface area contributed by atoms with Crippen molar-refractivity contribution in [1.29, 1.82) is 9.56 Å². The molecule has 54 heavy (non-hydrogen) atoms. The van der Waals surface area contributed by atoms with Gasteiger partial charge >= 0.3 is 0 Å². The van der Waals surface area contributed by atoms with E-state index in [1.54, 1.807) is 36.4 Å². The van der Waals surface area contributed by atoms with Crippen LogP contribution in [-0.2, 0) is 29.0 Å². The number of halogens is 6. The molecule has 2 aromatic carbocycles. The number of aliphatic hydroxyl groups excluding tert-OH is 2. The second-order valence-electron chi connectivity index (χ2n) is 12.4. The summed E-state index contributed by atoms with van der Waals surface area (Å²) in [5.74, 6) is -5.29. The number of ketones is 2. The van der Waals surface area contributed by atoms with E-state index in [9.17, 15) is 54.6 Å². The highest BCUT2D eigenvalue weighted by Gasteiger charge is 2.29. The number of rotatable bonds is 16. The maximum Gasteiger partial charge on any atom is 0.295 e. The smallest absolute Gasteiger partial charge is 0.295 e. The molecule has 0 aliphatic heterocycles. The Morgan fingerprint density at radius 2 is 0.889 bits per heavy atom. The van der Waals surface area contributed by atoms with E-state index in [1.165, 1.54) is 61.3 Å². The number of hydrogen-bond acceptors (Lipinski definition) is 10. The Kier molecular flexibility index (Phi) is 15.6. The van der Waals surface area contributed by atoms with Gasteiger partial charge in [0, 0.05) is 60.7 Å². The minimum atomic E-state index is -3.19. The van der Waals surface area contributed by atoms with Crippen LogP contribution in [0.2, 0.25) is 0 Å². The average molecular weight is 801 g/mol. The standard InChI is InChI=1S/2C18H19F3N2O3S/c2*1-27(22,26)16-7-6-13(10-23-16)11-2-4-12(5-3-11)17(25)14(9-19)8-15(24)18(20)21/h2*2-7,10,14,17-18,22,25H,8-9H2,1H3/t14-,17-,27+;14-,17-,27-/m11/s1. The van der Waals surface area contributed by atoms with E-state index in [0.717, 1.165) is 0 Å². The Balaban J connectivity index is 0.000000290. The third kappa shape index (κ3) is 12.3. The quantitative estimate of drug-likeness (QED) is 0.0855. The lowest BCUT2D eigenvalue weighted by Crippen LogP contribution is -2.22. The molecule has 6 atom stereocenters. The van der Waals surface area contributed by atoms with Gasteiger partial charge in [-0.25, -0.2) is 45.5 Å². The van der Waals surface area contributed by atoms with Gasteiger partial charge in [0.05, 0.1) is 45.0 Å². The summed E-state index contributed by atoms with van der Waals surface area (Å²) in [5, 5.41) is 20.7. The zero-order chi connectivity index (χ0) is 40.4. The highest BCUT2D eigenvalue weighted by molar-refractivity contribution is 7.91. The molecule has 0 radical (unpaired) electrons. The number of carbonyl (C=O) groups is 2. The highest BCUT2D eigenvalue weighted by atomic mass is 32.2. The van der Waals surface area contributed by atoms with Crippen LogP contribution < -0.4 is 0 Å². The molecule has 0 amide bonds. The van der Waals surface area contributed by atoms with Crippen LogP contribution in [0, 0.1) is 21.4 Å². The van der Waals surface area contributed by atoms with Gasteiger partial charge in [0.2, 0.25) is 0 Å². The Morgan fingerprint density at radius 3 is 1.11 bits per heavy atom. The molecule has 0 fully saturated rings. The lowest BCUT2D eigenvalue weighted by Gasteiger charge is -2.20. The molecule has 2 heterocycles. The van der Waals surface area contributed by atoms with E-state index in [-0.39, 0.29) is 10.1 Å². The summed E-state index contributed by atoms with van der Waals surface area (Å²) >= 11 is 0. The summed E-state index contributed by atoms with van der Waals surface area (Å²) in [6.07, 6.45) is -5.18. The molecule has 0 unspecified atom stereocenters. The van der Waals surface area contributed by atoms with Crippen molar-refractivity contribution in [1.82, 2.24) is 9.97 Å². The number of pyridine rings is 2. The van der Waals surface area contributed by atoms with Crippen LogP contribution >= 0.6 is 0 Å². The molecular formula is C36H38F6N4O6S2. The van der Waals surface area contributed by atoms with Crippen molar-refractivity contribution >= 4 is 31.0 Å². The number of aliphatic hydroxyl groups is 2. The molecule has 4 aromatic rings. The number of nitrogens with one attached hydrogen (secondary N) is 2. The monoisotopic (exact) mass is 800 g/mol. The Morgan fingerprint density at radius 1 is 0.593 bits per heavy atom. The van der Waals surface area contributed by atoms with Gasteiger partial charge in [-0.2, -0.15) is 0 Å². The average Bonchev–Trinajstić information content (AvgIpc) is 3.15. The SMILES string of the molecule is C[S@@](=N)(=O)c1ccc(-c2ccc([C@@H](O)[C@@H](CF)CC(=O)C(F)F)cc2)cn1.C[S@](=N)(=O)c1ccc(-c2ccc([C@@H](O)[C@@H](CF)CC(=O)C(F)F)cc2)cn1. The minimum Gasteiger partial charge on any atom is -0.388 e. The van der Waals surface area contributed by atoms with E-state index >= 15 is 0 Å². The zero-order valence-electron chi connectivity index (χ0n) is 28.9. The summed E-state index contributed by atoms with van der Waals surface area (Å²) in [6.45, 7) is -2.20. The number of nitrogens with zero attached hydrogens (tertiary/aromatic N) is 2. The first-order valence-corrected chi connectivity index (χ1v) is 19.9. The molecule has 0 aliphatic rings. The Hall–Kier alpha value is -4.52.